The molecule has 2 aromatic rings. The fourth-order valence-corrected chi connectivity index (χ4v) is 3.21. The highest BCUT2D eigenvalue weighted by Crippen LogP contribution is 2.20. The first-order valence-electron chi connectivity index (χ1n) is 8.84. The van der Waals surface area contributed by atoms with Gasteiger partial charge in [-0.1, -0.05) is 24.3 Å². The smallest absolute Gasteiger partial charge is 0.270 e. The van der Waals surface area contributed by atoms with E-state index in [2.05, 4.69) is 32.2 Å². The van der Waals surface area contributed by atoms with Gasteiger partial charge in [0.05, 0.1) is 0 Å². The van der Waals surface area contributed by atoms with Gasteiger partial charge in [-0.2, -0.15) is 0 Å². The fourth-order valence-electron chi connectivity index (χ4n) is 3.21. The molecule has 1 aliphatic heterocycles. The van der Waals surface area contributed by atoms with E-state index < -0.39 is 0 Å². The number of hydrogen-bond acceptors (Lipinski definition) is 4. The summed E-state index contributed by atoms with van der Waals surface area (Å²) in [7, 11) is 4.09. The number of benzene rings is 1. The van der Waals surface area contributed by atoms with Gasteiger partial charge in [-0.25, -0.2) is 0 Å². The summed E-state index contributed by atoms with van der Waals surface area (Å²) in [5.74, 6) is -0.124. The fraction of sp³-hybridized carbons (Fsp3) is 0.400. The van der Waals surface area contributed by atoms with Gasteiger partial charge in [0.25, 0.3) is 5.91 Å². The SMILES string of the molecule is CN(C)Cc1ccccc1CNC(=O)c1cc(N2CCCC2)ccn1. The summed E-state index contributed by atoms with van der Waals surface area (Å²) in [6.07, 6.45) is 4.15. The second-order valence-corrected chi connectivity index (χ2v) is 6.78. The molecular weight excluding hydrogens is 312 g/mol. The Morgan fingerprint density at radius 2 is 1.88 bits per heavy atom. The van der Waals surface area contributed by atoms with Crippen LogP contribution in [-0.4, -0.2) is 43.0 Å². The summed E-state index contributed by atoms with van der Waals surface area (Å²) >= 11 is 0. The van der Waals surface area contributed by atoms with Gasteiger partial charge in [0.15, 0.2) is 0 Å². The van der Waals surface area contributed by atoms with Crippen molar-refractivity contribution < 1.29 is 4.79 Å². The highest BCUT2D eigenvalue weighted by Gasteiger charge is 2.15. The van der Waals surface area contributed by atoms with E-state index in [4.69, 9.17) is 0 Å². The lowest BCUT2D eigenvalue weighted by Gasteiger charge is -2.18. The third-order valence-electron chi connectivity index (χ3n) is 4.49. The highest BCUT2D eigenvalue weighted by atomic mass is 16.1. The quantitative estimate of drug-likeness (QED) is 0.880. The third-order valence-corrected chi connectivity index (χ3v) is 4.49. The molecule has 0 atom stereocenters. The highest BCUT2D eigenvalue weighted by molar-refractivity contribution is 5.93. The molecule has 1 N–H and O–H groups in total. The van der Waals surface area contributed by atoms with Crippen LogP contribution in [0.25, 0.3) is 0 Å². The van der Waals surface area contributed by atoms with Crippen LogP contribution in [-0.2, 0) is 13.1 Å². The van der Waals surface area contributed by atoms with Crippen molar-refractivity contribution >= 4 is 11.6 Å². The van der Waals surface area contributed by atoms with Crippen LogP contribution < -0.4 is 10.2 Å². The van der Waals surface area contributed by atoms with Crippen molar-refractivity contribution in [2.24, 2.45) is 0 Å². The maximum Gasteiger partial charge on any atom is 0.270 e. The molecule has 1 amide bonds. The van der Waals surface area contributed by atoms with Crippen molar-refractivity contribution in [3.8, 4) is 0 Å². The van der Waals surface area contributed by atoms with E-state index in [0.29, 0.717) is 12.2 Å². The number of carbonyl (C=O) groups is 1. The van der Waals surface area contributed by atoms with E-state index >= 15 is 0 Å². The molecule has 0 bridgehead atoms. The molecule has 25 heavy (non-hydrogen) atoms. The Morgan fingerprint density at radius 3 is 2.60 bits per heavy atom. The standard InChI is InChI=1S/C20H26N4O/c1-23(2)15-17-8-4-3-7-16(17)14-22-20(25)19-13-18(9-10-21-19)24-11-5-6-12-24/h3-4,7-10,13H,5-6,11-12,14-15H2,1-2H3,(H,22,25). The molecule has 1 aromatic carbocycles. The maximum absolute atomic E-state index is 12.5. The van der Waals surface area contributed by atoms with Crippen molar-refractivity contribution in [1.82, 2.24) is 15.2 Å². The van der Waals surface area contributed by atoms with Crippen molar-refractivity contribution in [2.75, 3.05) is 32.1 Å². The predicted octanol–water partition coefficient (Wildman–Crippen LogP) is 2.67. The summed E-state index contributed by atoms with van der Waals surface area (Å²) in [5.41, 5.74) is 3.94. The summed E-state index contributed by atoms with van der Waals surface area (Å²) < 4.78 is 0. The van der Waals surface area contributed by atoms with E-state index in [0.717, 1.165) is 30.9 Å². The lowest BCUT2D eigenvalue weighted by atomic mass is 10.1. The Labute approximate surface area is 149 Å². The number of nitrogens with one attached hydrogen (secondary N) is 1. The minimum atomic E-state index is -0.124. The zero-order valence-corrected chi connectivity index (χ0v) is 15.0. The van der Waals surface area contributed by atoms with E-state index in [1.807, 2.05) is 38.4 Å². The minimum Gasteiger partial charge on any atom is -0.371 e. The predicted molar refractivity (Wildman–Crippen MR) is 101 cm³/mol. The first kappa shape index (κ1) is 17.4. The van der Waals surface area contributed by atoms with Crippen LogP contribution in [0.2, 0.25) is 0 Å². The molecule has 1 saturated heterocycles. The monoisotopic (exact) mass is 338 g/mol. The average molecular weight is 338 g/mol. The van der Waals surface area contributed by atoms with E-state index in [9.17, 15) is 4.79 Å². The average Bonchev–Trinajstić information content (AvgIpc) is 3.15. The van der Waals surface area contributed by atoms with Crippen LogP contribution >= 0.6 is 0 Å². The topological polar surface area (TPSA) is 48.5 Å². The van der Waals surface area contributed by atoms with Gasteiger partial charge >= 0.3 is 0 Å². The van der Waals surface area contributed by atoms with Crippen LogP contribution in [0, 0.1) is 0 Å². The number of rotatable bonds is 6. The zero-order valence-electron chi connectivity index (χ0n) is 15.0. The largest absolute Gasteiger partial charge is 0.371 e. The summed E-state index contributed by atoms with van der Waals surface area (Å²) in [4.78, 5) is 21.2. The van der Waals surface area contributed by atoms with Crippen LogP contribution in [0.3, 0.4) is 0 Å². The molecule has 0 spiro atoms. The molecule has 1 aliphatic rings. The Kier molecular flexibility index (Phi) is 5.66. The van der Waals surface area contributed by atoms with Crippen molar-refractivity contribution in [3.63, 3.8) is 0 Å². The molecule has 1 aromatic heterocycles. The number of aromatic nitrogens is 1. The van der Waals surface area contributed by atoms with Crippen LogP contribution in [0.4, 0.5) is 5.69 Å². The maximum atomic E-state index is 12.5. The molecule has 5 nitrogen and oxygen atoms in total. The molecule has 0 aliphatic carbocycles. The molecular formula is C20H26N4O. The van der Waals surface area contributed by atoms with Gasteiger partial charge in [0.2, 0.25) is 0 Å². The Morgan fingerprint density at radius 1 is 1.16 bits per heavy atom. The lowest BCUT2D eigenvalue weighted by molar-refractivity contribution is 0.0946. The normalized spacial score (nSPS) is 14.1. The first-order chi connectivity index (χ1) is 12.1. The Balaban J connectivity index is 1.66. The lowest BCUT2D eigenvalue weighted by Crippen LogP contribution is -2.25. The first-order valence-corrected chi connectivity index (χ1v) is 8.84. The van der Waals surface area contributed by atoms with E-state index in [1.54, 1.807) is 6.20 Å². The zero-order chi connectivity index (χ0) is 17.6. The number of anilines is 1. The van der Waals surface area contributed by atoms with Gasteiger partial charge in [-0.05, 0) is 50.2 Å². The molecule has 0 unspecified atom stereocenters. The summed E-state index contributed by atoms with van der Waals surface area (Å²) in [6, 6.07) is 12.1. The van der Waals surface area contributed by atoms with Gasteiger partial charge < -0.3 is 15.1 Å². The second-order valence-electron chi connectivity index (χ2n) is 6.78. The number of nitrogens with zero attached hydrogens (tertiary/aromatic N) is 3. The molecule has 5 heteroatoms. The summed E-state index contributed by atoms with van der Waals surface area (Å²) in [5, 5.41) is 3.01. The Bertz CT molecular complexity index is 723. The number of hydrogen-bond donors (Lipinski definition) is 1. The van der Waals surface area contributed by atoms with Gasteiger partial charge in [0.1, 0.15) is 5.69 Å². The molecule has 3 rings (SSSR count). The molecule has 2 heterocycles. The van der Waals surface area contributed by atoms with Crippen LogP contribution in [0.15, 0.2) is 42.6 Å². The number of pyridine rings is 1. The van der Waals surface area contributed by atoms with E-state index in [1.165, 1.54) is 18.4 Å². The minimum absolute atomic E-state index is 0.124. The number of amides is 1. The van der Waals surface area contributed by atoms with Crippen molar-refractivity contribution in [1.29, 1.82) is 0 Å². The van der Waals surface area contributed by atoms with Crippen LogP contribution in [0.5, 0.6) is 0 Å². The number of carbonyl (C=O) groups excluding carboxylic acids is 1. The molecule has 0 saturated carbocycles. The Hall–Kier alpha value is -2.40. The van der Waals surface area contributed by atoms with Gasteiger partial charge in [-0.3, -0.25) is 9.78 Å². The molecule has 132 valence electrons. The molecule has 0 radical (unpaired) electrons. The van der Waals surface area contributed by atoms with Gasteiger partial charge in [-0.15, -0.1) is 0 Å². The van der Waals surface area contributed by atoms with Crippen molar-refractivity contribution in [2.45, 2.75) is 25.9 Å². The van der Waals surface area contributed by atoms with Gasteiger partial charge in [0, 0.05) is 38.1 Å². The second kappa shape index (κ2) is 8.12. The van der Waals surface area contributed by atoms with E-state index in [-0.39, 0.29) is 5.91 Å². The summed E-state index contributed by atoms with van der Waals surface area (Å²) in [6.45, 7) is 3.49. The third kappa shape index (κ3) is 4.57. The molecule has 1 fully saturated rings. The van der Waals surface area contributed by atoms with Crippen molar-refractivity contribution in [3.05, 3.63) is 59.4 Å². The van der Waals surface area contributed by atoms with Crippen LogP contribution in [0.1, 0.15) is 34.5 Å².